The van der Waals surface area contributed by atoms with Crippen LogP contribution in [0.5, 0.6) is 0 Å². The first kappa shape index (κ1) is 10.9. The number of rotatable bonds is 6. The van der Waals surface area contributed by atoms with Crippen molar-refractivity contribution in [2.45, 2.75) is 12.5 Å². The maximum absolute atomic E-state index is 11.1. The fourth-order valence-corrected chi connectivity index (χ4v) is 1.20. The molecule has 0 rings (SSSR count). The van der Waals surface area contributed by atoms with Crippen LogP contribution in [-0.4, -0.2) is 37.4 Å². The predicted octanol–water partition coefficient (Wildman–Crippen LogP) is -0.145. The summed E-state index contributed by atoms with van der Waals surface area (Å²) in [5.74, 6) is 1.05. The highest BCUT2D eigenvalue weighted by Crippen LogP contribution is 1.98. The molecule has 0 amide bonds. The number of nitrogens with one attached hydrogen (secondary N) is 1. The van der Waals surface area contributed by atoms with E-state index in [0.29, 0.717) is 6.54 Å². The van der Waals surface area contributed by atoms with Crippen LogP contribution in [0.2, 0.25) is 0 Å². The zero-order chi connectivity index (χ0) is 8.69. The first-order valence-corrected chi connectivity index (χ1v) is 5.03. The second-order valence-electron chi connectivity index (χ2n) is 2.38. The van der Waals surface area contributed by atoms with Gasteiger partial charge in [0.2, 0.25) is 0 Å². The normalized spacial score (nSPS) is 13.0. The summed E-state index contributed by atoms with van der Waals surface area (Å²) in [6.07, 6.45) is 2.79. The average molecular weight is 176 g/mol. The molecule has 0 aromatic rings. The van der Waals surface area contributed by atoms with Crippen molar-refractivity contribution in [1.29, 1.82) is 0 Å². The molecule has 0 fully saturated rings. The summed E-state index contributed by atoms with van der Waals surface area (Å²) in [5.41, 5.74) is 5.59. The first-order valence-electron chi connectivity index (χ1n) is 3.64. The summed E-state index contributed by atoms with van der Waals surface area (Å²) in [5, 5.41) is 2.79. The molecular formula is C7H16N2OS. The molecule has 0 bridgehead atoms. The van der Waals surface area contributed by atoms with E-state index in [0.717, 1.165) is 12.2 Å². The van der Waals surface area contributed by atoms with Gasteiger partial charge in [0.25, 0.3) is 0 Å². The maximum atomic E-state index is 11.1. The highest BCUT2D eigenvalue weighted by atomic mass is 32.2. The van der Waals surface area contributed by atoms with Crippen LogP contribution in [0.3, 0.4) is 0 Å². The molecular weight excluding hydrogens is 160 g/mol. The number of carbonyl (C=O) groups is 1. The van der Waals surface area contributed by atoms with Crippen LogP contribution in [-0.2, 0) is 4.79 Å². The van der Waals surface area contributed by atoms with Crippen LogP contribution in [0.1, 0.15) is 6.42 Å². The van der Waals surface area contributed by atoms with Crippen molar-refractivity contribution in [1.82, 2.24) is 5.32 Å². The Morgan fingerprint density at radius 3 is 2.82 bits per heavy atom. The molecule has 0 heterocycles. The minimum Gasteiger partial charge on any atom is -0.321 e. The number of likely N-dealkylation sites (N-methyl/N-ethyl adjacent to an activating group) is 1. The number of hydrogen-bond acceptors (Lipinski definition) is 4. The van der Waals surface area contributed by atoms with Gasteiger partial charge in [0, 0.05) is 0 Å². The van der Waals surface area contributed by atoms with Gasteiger partial charge in [-0.3, -0.25) is 4.79 Å². The Bertz CT molecular complexity index is 119. The Kier molecular flexibility index (Phi) is 6.60. The van der Waals surface area contributed by atoms with Gasteiger partial charge in [0.15, 0.2) is 5.78 Å². The smallest absolute Gasteiger partial charge is 0.163 e. The minimum atomic E-state index is -0.283. The van der Waals surface area contributed by atoms with Crippen molar-refractivity contribution in [3.63, 3.8) is 0 Å². The van der Waals surface area contributed by atoms with Gasteiger partial charge in [0.05, 0.1) is 12.6 Å². The Morgan fingerprint density at radius 1 is 1.73 bits per heavy atom. The molecule has 0 saturated heterocycles. The zero-order valence-electron chi connectivity index (χ0n) is 7.09. The predicted molar refractivity (Wildman–Crippen MR) is 49.9 cm³/mol. The summed E-state index contributed by atoms with van der Waals surface area (Å²) >= 11 is 1.71. The Hall–Kier alpha value is -0.0600. The molecule has 0 aromatic heterocycles. The van der Waals surface area contributed by atoms with E-state index in [9.17, 15) is 4.79 Å². The van der Waals surface area contributed by atoms with E-state index in [1.807, 2.05) is 6.26 Å². The van der Waals surface area contributed by atoms with Crippen LogP contribution in [0.15, 0.2) is 0 Å². The summed E-state index contributed by atoms with van der Waals surface area (Å²) in [7, 11) is 1.75. The second-order valence-corrected chi connectivity index (χ2v) is 3.37. The van der Waals surface area contributed by atoms with Crippen LogP contribution in [0, 0.1) is 0 Å². The van der Waals surface area contributed by atoms with Crippen LogP contribution in [0.25, 0.3) is 0 Å². The number of thioether (sulfide) groups is 1. The lowest BCUT2D eigenvalue weighted by Gasteiger charge is -2.08. The van der Waals surface area contributed by atoms with Crippen molar-refractivity contribution in [2.24, 2.45) is 5.73 Å². The molecule has 0 aromatic carbocycles. The largest absolute Gasteiger partial charge is 0.321 e. The third-order valence-corrected chi connectivity index (χ3v) is 2.04. The molecule has 0 saturated carbocycles. The standard InChI is InChI=1S/C7H16N2OS/c1-9-5-7(10)6(8)3-4-11-2/h6,9H,3-5,8H2,1-2H3/t6-/m0/s1. The van der Waals surface area contributed by atoms with Crippen molar-refractivity contribution in [2.75, 3.05) is 25.6 Å². The summed E-state index contributed by atoms with van der Waals surface area (Å²) in [6, 6.07) is -0.283. The van der Waals surface area contributed by atoms with Crippen molar-refractivity contribution in [3.8, 4) is 0 Å². The lowest BCUT2D eigenvalue weighted by molar-refractivity contribution is -0.119. The summed E-state index contributed by atoms with van der Waals surface area (Å²) in [6.45, 7) is 0.384. The zero-order valence-corrected chi connectivity index (χ0v) is 7.91. The van der Waals surface area contributed by atoms with E-state index in [-0.39, 0.29) is 11.8 Å². The van der Waals surface area contributed by atoms with E-state index in [1.54, 1.807) is 18.8 Å². The molecule has 0 aliphatic rings. The monoisotopic (exact) mass is 176 g/mol. The van der Waals surface area contributed by atoms with E-state index in [2.05, 4.69) is 5.32 Å². The number of nitrogens with two attached hydrogens (primary N) is 1. The highest BCUT2D eigenvalue weighted by molar-refractivity contribution is 7.98. The molecule has 3 N–H and O–H groups in total. The Balaban J connectivity index is 3.46. The quantitative estimate of drug-likeness (QED) is 0.591. The van der Waals surface area contributed by atoms with Gasteiger partial charge in [-0.1, -0.05) is 0 Å². The van der Waals surface area contributed by atoms with Crippen molar-refractivity contribution >= 4 is 17.5 Å². The average Bonchev–Trinajstić information content (AvgIpc) is 2.00. The lowest BCUT2D eigenvalue weighted by atomic mass is 10.1. The number of carbonyl (C=O) groups excluding carboxylic acids is 1. The molecule has 0 aliphatic heterocycles. The lowest BCUT2D eigenvalue weighted by Crippen LogP contribution is -2.36. The van der Waals surface area contributed by atoms with Gasteiger partial charge in [-0.25, -0.2) is 0 Å². The SMILES string of the molecule is CNCC(=O)[C@@H](N)CCSC. The minimum absolute atomic E-state index is 0.0987. The van der Waals surface area contributed by atoms with Crippen molar-refractivity contribution < 1.29 is 4.79 Å². The molecule has 3 nitrogen and oxygen atoms in total. The van der Waals surface area contributed by atoms with Gasteiger partial charge in [0.1, 0.15) is 0 Å². The molecule has 1 atom stereocenters. The Labute approximate surface area is 72.1 Å². The fraction of sp³-hybridized carbons (Fsp3) is 0.857. The number of Topliss-reactive ketones (excluding diaryl/α,β-unsaturated/α-hetero) is 1. The topological polar surface area (TPSA) is 55.1 Å². The molecule has 66 valence electrons. The second kappa shape index (κ2) is 6.64. The summed E-state index contributed by atoms with van der Waals surface area (Å²) in [4.78, 5) is 11.1. The number of hydrogen-bond donors (Lipinski definition) is 2. The fourth-order valence-electron chi connectivity index (χ4n) is 0.711. The van der Waals surface area contributed by atoms with Gasteiger partial charge in [-0.05, 0) is 25.5 Å². The maximum Gasteiger partial charge on any atom is 0.163 e. The van der Waals surface area contributed by atoms with Crippen LogP contribution >= 0.6 is 11.8 Å². The summed E-state index contributed by atoms with van der Waals surface area (Å²) < 4.78 is 0. The number of ketones is 1. The first-order chi connectivity index (χ1) is 5.22. The van der Waals surface area contributed by atoms with Gasteiger partial charge in [-0.15, -0.1) is 0 Å². The van der Waals surface area contributed by atoms with E-state index >= 15 is 0 Å². The molecule has 0 unspecified atom stereocenters. The van der Waals surface area contributed by atoms with E-state index < -0.39 is 0 Å². The van der Waals surface area contributed by atoms with Gasteiger partial charge >= 0.3 is 0 Å². The third kappa shape index (κ3) is 5.24. The highest BCUT2D eigenvalue weighted by Gasteiger charge is 2.10. The van der Waals surface area contributed by atoms with E-state index in [1.165, 1.54) is 0 Å². The van der Waals surface area contributed by atoms with Crippen LogP contribution < -0.4 is 11.1 Å². The molecule has 0 spiro atoms. The van der Waals surface area contributed by atoms with Gasteiger partial charge in [-0.2, -0.15) is 11.8 Å². The Morgan fingerprint density at radius 2 is 2.36 bits per heavy atom. The third-order valence-electron chi connectivity index (χ3n) is 1.40. The van der Waals surface area contributed by atoms with Crippen molar-refractivity contribution in [3.05, 3.63) is 0 Å². The van der Waals surface area contributed by atoms with E-state index in [4.69, 9.17) is 5.73 Å². The molecule has 11 heavy (non-hydrogen) atoms. The molecule has 0 radical (unpaired) electrons. The van der Waals surface area contributed by atoms with Crippen LogP contribution in [0.4, 0.5) is 0 Å². The molecule has 4 heteroatoms. The molecule has 0 aliphatic carbocycles. The van der Waals surface area contributed by atoms with Gasteiger partial charge < -0.3 is 11.1 Å².